The summed E-state index contributed by atoms with van der Waals surface area (Å²) in [5.74, 6) is -4.65. The fourth-order valence-electron chi connectivity index (χ4n) is 2.19. The molecule has 2 heterocycles. The van der Waals surface area contributed by atoms with Gasteiger partial charge in [0.1, 0.15) is 6.07 Å². The van der Waals surface area contributed by atoms with Crippen molar-refractivity contribution in [1.29, 1.82) is 5.26 Å². The molecule has 10 nitrogen and oxygen atoms in total. The minimum atomic E-state index is -3.10. The second kappa shape index (κ2) is 7.69. The number of aromatic amines is 2. The summed E-state index contributed by atoms with van der Waals surface area (Å²) in [7, 11) is 0. The topological polar surface area (TPSA) is 147 Å². The molecule has 12 heteroatoms. The number of halogens is 2. The van der Waals surface area contributed by atoms with Crippen molar-refractivity contribution in [3.05, 3.63) is 71.5 Å². The molecule has 0 radical (unpaired) electrons. The second-order valence-corrected chi connectivity index (χ2v) is 5.80. The Morgan fingerprint density at radius 2 is 2.07 bits per heavy atom. The third-order valence-electron chi connectivity index (χ3n) is 3.49. The number of H-pyrrole nitrogens is 2. The van der Waals surface area contributed by atoms with Crippen LogP contribution in [-0.2, 0) is 0 Å². The average Bonchev–Trinajstić information content (AvgIpc) is 2.71. The Bertz CT molecular complexity index is 1490. The lowest BCUT2D eigenvalue weighted by molar-refractivity contribution is 0.419. The Morgan fingerprint density at radius 1 is 1.31 bits per heavy atom. The predicted octanol–water partition coefficient (Wildman–Crippen LogP) is 1.58. The average molecular weight is 425 g/mol. The lowest BCUT2D eigenvalue weighted by Gasteiger charge is -2.11. The van der Waals surface area contributed by atoms with E-state index < -0.39 is 70.2 Å². The van der Waals surface area contributed by atoms with Gasteiger partial charge in [-0.1, -0.05) is 25.3 Å². The van der Waals surface area contributed by atoms with E-state index in [-0.39, 0.29) is 5.69 Å². The Labute approximate surface area is 174 Å². The minimum Gasteiger partial charge on any atom is -0.433 e. The van der Waals surface area contributed by atoms with E-state index in [4.69, 9.17) is 29.8 Å². The number of aromatic nitrogens is 5. The molecule has 0 fully saturated rings. The molecule has 0 spiro atoms. The molecule has 148 valence electrons. The number of nitrogens with one attached hydrogen (secondary N) is 2. The highest BCUT2D eigenvalue weighted by molar-refractivity contribution is 6.32. The highest BCUT2D eigenvalue weighted by Gasteiger charge is 2.17. The summed E-state index contributed by atoms with van der Waals surface area (Å²) in [5.41, 5.74) is -4.91. The van der Waals surface area contributed by atoms with Crippen molar-refractivity contribution < 1.29 is 17.4 Å². The third-order valence-corrected chi connectivity index (χ3v) is 3.77. The molecule has 0 aliphatic rings. The maximum atomic E-state index is 14.8. The van der Waals surface area contributed by atoms with Gasteiger partial charge < -0.3 is 4.74 Å². The van der Waals surface area contributed by atoms with Crippen molar-refractivity contribution >= 4 is 11.6 Å². The summed E-state index contributed by atoms with van der Waals surface area (Å²) in [6.07, 6.45) is 0. The second-order valence-electron chi connectivity index (χ2n) is 5.40. The molecule has 2 N–H and O–H groups in total. The van der Waals surface area contributed by atoms with Crippen LogP contribution in [0.15, 0.2) is 32.6 Å². The molecule has 1 aromatic carbocycles. The fraction of sp³-hybridized carbons (Fsp3) is 0.176. The Kier molecular flexibility index (Phi) is 3.55. The van der Waals surface area contributed by atoms with Crippen molar-refractivity contribution in [3.8, 4) is 23.4 Å². The van der Waals surface area contributed by atoms with E-state index in [1.807, 2.05) is 10.1 Å². The lowest BCUT2D eigenvalue weighted by Crippen LogP contribution is -2.33. The van der Waals surface area contributed by atoms with Gasteiger partial charge in [-0.15, -0.1) is 10.2 Å². The Morgan fingerprint density at radius 3 is 2.72 bits per heavy atom. The van der Waals surface area contributed by atoms with Gasteiger partial charge in [0, 0.05) is 25.9 Å². The van der Waals surface area contributed by atoms with Gasteiger partial charge in [0.15, 0.2) is 11.6 Å². The SMILES string of the molecule is [2H]C([2H])([2H])C(c1cc(Oc2c(F)cc(-n3nc(C#N)c(=O)[nH]c3=O)cc2Cl)n[nH]c1=O)C([2H])([2H])[2H]. The summed E-state index contributed by atoms with van der Waals surface area (Å²) in [4.78, 5) is 37.5. The summed E-state index contributed by atoms with van der Waals surface area (Å²) >= 11 is 6.05. The molecule has 0 atom stereocenters. The van der Waals surface area contributed by atoms with E-state index in [0.29, 0.717) is 4.68 Å². The van der Waals surface area contributed by atoms with Crippen LogP contribution in [0, 0.1) is 17.1 Å². The van der Waals surface area contributed by atoms with Crippen molar-refractivity contribution in [2.45, 2.75) is 19.6 Å². The molecule has 2 aromatic heterocycles. The molecule has 3 aromatic rings. The zero-order chi connectivity index (χ0) is 26.3. The maximum absolute atomic E-state index is 14.8. The van der Waals surface area contributed by atoms with Crippen LogP contribution >= 0.6 is 11.6 Å². The van der Waals surface area contributed by atoms with Crippen LogP contribution in [0.5, 0.6) is 11.6 Å². The van der Waals surface area contributed by atoms with Crippen LogP contribution < -0.4 is 21.5 Å². The number of nitriles is 1. The first kappa shape index (κ1) is 13.4. The number of nitrogens with zero attached hydrogens (tertiary/aromatic N) is 4. The molecule has 0 amide bonds. The summed E-state index contributed by atoms with van der Waals surface area (Å²) < 4.78 is 65.6. The van der Waals surface area contributed by atoms with Gasteiger partial charge in [-0.2, -0.15) is 9.94 Å². The molecule has 0 aliphatic carbocycles. The van der Waals surface area contributed by atoms with E-state index in [0.717, 1.165) is 18.2 Å². The van der Waals surface area contributed by atoms with Gasteiger partial charge in [-0.05, 0) is 12.0 Å². The van der Waals surface area contributed by atoms with Crippen molar-refractivity contribution in [3.63, 3.8) is 0 Å². The number of benzene rings is 1. The third kappa shape index (κ3) is 3.92. The summed E-state index contributed by atoms with van der Waals surface area (Å²) in [6, 6.07) is 3.91. The number of hydrogen-bond acceptors (Lipinski definition) is 7. The van der Waals surface area contributed by atoms with E-state index in [9.17, 15) is 18.8 Å². The monoisotopic (exact) mass is 424 g/mol. The number of rotatable bonds is 4. The van der Waals surface area contributed by atoms with Crippen LogP contribution in [0.25, 0.3) is 5.69 Å². The van der Waals surface area contributed by atoms with Crippen molar-refractivity contribution in [2.24, 2.45) is 0 Å². The Hall–Kier alpha value is -3.78. The molecular weight excluding hydrogens is 407 g/mol. The lowest BCUT2D eigenvalue weighted by atomic mass is 10.1. The van der Waals surface area contributed by atoms with Gasteiger partial charge in [0.25, 0.3) is 11.1 Å². The van der Waals surface area contributed by atoms with Gasteiger partial charge in [-0.25, -0.2) is 14.3 Å². The largest absolute Gasteiger partial charge is 0.433 e. The van der Waals surface area contributed by atoms with Gasteiger partial charge in [-0.3, -0.25) is 14.6 Å². The smallest absolute Gasteiger partial charge is 0.349 e. The first-order valence-corrected chi connectivity index (χ1v) is 7.92. The highest BCUT2D eigenvalue weighted by atomic mass is 35.5. The van der Waals surface area contributed by atoms with Gasteiger partial charge in [0.05, 0.1) is 10.7 Å². The molecule has 0 saturated carbocycles. The van der Waals surface area contributed by atoms with Crippen LogP contribution in [-0.4, -0.2) is 25.0 Å². The Balaban J connectivity index is 2.07. The highest BCUT2D eigenvalue weighted by Crippen LogP contribution is 2.33. The van der Waals surface area contributed by atoms with Crippen LogP contribution in [0.3, 0.4) is 0 Å². The van der Waals surface area contributed by atoms with E-state index in [1.54, 1.807) is 0 Å². The summed E-state index contributed by atoms with van der Waals surface area (Å²) in [6.45, 7) is -6.19. The number of ether oxygens (including phenoxy) is 1. The van der Waals surface area contributed by atoms with Crippen LogP contribution in [0.4, 0.5) is 4.39 Å². The standard InChI is InChI=1S/C17H12ClFN6O4/c1-7(2)9-5-13(22-23-15(9)26)29-14-10(18)3-8(4-11(14)19)25-17(28)21-16(27)12(6-20)24-25/h3-5,7H,1-2H3,(H,23,26)(H,21,27,28)/i1D3,2D3. The quantitative estimate of drug-likeness (QED) is 0.646. The first-order chi connectivity index (χ1) is 16.1. The molecule has 0 aliphatic heterocycles. The molecular formula is C17H12ClFN6O4. The molecule has 0 unspecified atom stereocenters. The molecule has 3 rings (SSSR count). The zero-order valence-electron chi connectivity index (χ0n) is 20.0. The molecule has 0 saturated heterocycles. The predicted molar refractivity (Wildman–Crippen MR) is 99.2 cm³/mol. The van der Waals surface area contributed by atoms with E-state index in [1.165, 1.54) is 6.07 Å². The number of hydrogen-bond donors (Lipinski definition) is 2. The van der Waals surface area contributed by atoms with E-state index >= 15 is 0 Å². The van der Waals surface area contributed by atoms with E-state index in [2.05, 4.69) is 10.2 Å². The van der Waals surface area contributed by atoms with Crippen molar-refractivity contribution in [1.82, 2.24) is 25.0 Å². The van der Waals surface area contributed by atoms with Gasteiger partial charge >= 0.3 is 5.69 Å². The minimum absolute atomic E-state index is 0.294. The van der Waals surface area contributed by atoms with Gasteiger partial charge in [0.2, 0.25) is 11.6 Å². The van der Waals surface area contributed by atoms with Crippen LogP contribution in [0.2, 0.25) is 5.02 Å². The normalized spacial score (nSPS) is 14.7. The zero-order valence-corrected chi connectivity index (χ0v) is 14.7. The molecule has 29 heavy (non-hydrogen) atoms. The fourth-order valence-corrected chi connectivity index (χ4v) is 2.43. The molecule has 0 bridgehead atoms. The summed E-state index contributed by atoms with van der Waals surface area (Å²) in [5, 5.41) is 17.4. The first-order valence-electron chi connectivity index (χ1n) is 10.5. The maximum Gasteiger partial charge on any atom is 0.349 e. The van der Waals surface area contributed by atoms with Crippen molar-refractivity contribution in [2.75, 3.05) is 0 Å². The van der Waals surface area contributed by atoms with Crippen LogP contribution in [0.1, 0.15) is 39.1 Å².